The summed E-state index contributed by atoms with van der Waals surface area (Å²) in [7, 11) is 0.471. The Balaban J connectivity index is 2.80. The number of carbonyl (C=O) groups is 1. The Bertz CT molecular complexity index is 404. The van der Waals surface area contributed by atoms with Crippen LogP contribution in [0, 0.1) is 5.92 Å². The number of nitrogens with one attached hydrogen (secondary N) is 1. The van der Waals surface area contributed by atoms with Crippen molar-refractivity contribution in [2.45, 2.75) is 63.8 Å². The Morgan fingerprint density at radius 3 is 2.38 bits per heavy atom. The molecule has 0 amide bonds. The van der Waals surface area contributed by atoms with Crippen LogP contribution in [-0.2, 0) is 18.8 Å². The highest BCUT2D eigenvalue weighted by molar-refractivity contribution is 7.62. The van der Waals surface area contributed by atoms with Crippen molar-refractivity contribution in [1.29, 1.82) is 0 Å². The molecule has 0 aromatic rings. The van der Waals surface area contributed by atoms with Gasteiger partial charge >= 0.3 is 5.97 Å². The first-order valence-electron chi connectivity index (χ1n) is 7.75. The molecule has 1 fully saturated rings. The maximum atomic E-state index is 13.0. The maximum absolute atomic E-state index is 13.0. The Kier molecular flexibility index (Phi) is 6.96. The van der Waals surface area contributed by atoms with Crippen LogP contribution in [0.1, 0.15) is 40.0 Å². The molecule has 1 aliphatic carbocycles. The van der Waals surface area contributed by atoms with Gasteiger partial charge in [0, 0.05) is 12.7 Å². The lowest BCUT2D eigenvalue weighted by atomic mass is 9.86. The zero-order valence-electron chi connectivity index (χ0n) is 14.1. The van der Waals surface area contributed by atoms with E-state index in [2.05, 4.69) is 12.9 Å². The van der Waals surface area contributed by atoms with Crippen molar-refractivity contribution < 1.29 is 18.8 Å². The fourth-order valence-corrected chi connectivity index (χ4v) is 4.71. The van der Waals surface area contributed by atoms with Gasteiger partial charge in [-0.05, 0) is 25.7 Å². The molecule has 0 saturated heterocycles. The van der Waals surface area contributed by atoms with E-state index >= 15 is 0 Å². The second-order valence-electron chi connectivity index (χ2n) is 6.70. The summed E-state index contributed by atoms with van der Waals surface area (Å²) in [6.07, 6.45) is 2.90. The molecule has 0 bridgehead atoms. The van der Waals surface area contributed by atoms with Gasteiger partial charge in [-0.2, -0.15) is 0 Å². The quantitative estimate of drug-likeness (QED) is 0.442. The molecular formula is C14H29BNO4P. The van der Waals surface area contributed by atoms with Crippen molar-refractivity contribution in [3.8, 4) is 0 Å². The predicted octanol–water partition coefficient (Wildman–Crippen LogP) is 2.02. The van der Waals surface area contributed by atoms with Crippen LogP contribution in [0.5, 0.6) is 0 Å². The van der Waals surface area contributed by atoms with Crippen molar-refractivity contribution in [3.05, 3.63) is 0 Å². The SMILES string of the molecule is BC1CCC(OC(C(=O)OC)P(C)(=O)N[C@@H](C)C(C)C)C1. The average Bonchev–Trinajstić information content (AvgIpc) is 2.80. The minimum Gasteiger partial charge on any atom is -0.467 e. The van der Waals surface area contributed by atoms with Gasteiger partial charge in [0.15, 0.2) is 7.29 Å². The number of hydrogen-bond acceptors (Lipinski definition) is 4. The summed E-state index contributed by atoms with van der Waals surface area (Å²) in [6, 6.07) is 0.0408. The Labute approximate surface area is 129 Å². The summed E-state index contributed by atoms with van der Waals surface area (Å²) < 4.78 is 23.6. The summed E-state index contributed by atoms with van der Waals surface area (Å²) in [5.74, 6) is -0.655. The molecule has 5 atom stereocenters. The van der Waals surface area contributed by atoms with Crippen molar-refractivity contribution in [1.82, 2.24) is 5.09 Å². The highest BCUT2D eigenvalue weighted by atomic mass is 31.2. The van der Waals surface area contributed by atoms with Gasteiger partial charge < -0.3 is 14.0 Å². The Morgan fingerprint density at radius 1 is 1.33 bits per heavy atom. The summed E-state index contributed by atoms with van der Waals surface area (Å²) in [5, 5.41) is 3.09. The van der Waals surface area contributed by atoms with Crippen molar-refractivity contribution in [2.24, 2.45) is 5.92 Å². The molecule has 0 radical (unpaired) electrons. The molecule has 122 valence electrons. The molecular weight excluding hydrogens is 288 g/mol. The molecule has 0 aliphatic heterocycles. The van der Waals surface area contributed by atoms with E-state index in [0.717, 1.165) is 19.3 Å². The summed E-state index contributed by atoms with van der Waals surface area (Å²) >= 11 is 0. The minimum atomic E-state index is -3.00. The van der Waals surface area contributed by atoms with Crippen LogP contribution >= 0.6 is 7.29 Å². The first kappa shape index (κ1) is 18.7. The average molecular weight is 317 g/mol. The molecule has 0 spiro atoms. The number of methoxy groups -OCH3 is 1. The summed E-state index contributed by atoms with van der Waals surface area (Å²) in [5.41, 5.74) is 0. The van der Waals surface area contributed by atoms with Crippen LogP contribution < -0.4 is 5.09 Å². The third-order valence-corrected chi connectivity index (χ3v) is 6.43. The van der Waals surface area contributed by atoms with Crippen LogP contribution in [0.4, 0.5) is 0 Å². The second kappa shape index (κ2) is 7.80. The zero-order valence-corrected chi connectivity index (χ0v) is 15.0. The van der Waals surface area contributed by atoms with Crippen LogP contribution in [0.15, 0.2) is 0 Å². The lowest BCUT2D eigenvalue weighted by Gasteiger charge is -2.30. The molecule has 5 nitrogen and oxygen atoms in total. The van der Waals surface area contributed by atoms with E-state index in [4.69, 9.17) is 9.47 Å². The van der Waals surface area contributed by atoms with Gasteiger partial charge in [0.2, 0.25) is 5.85 Å². The number of hydrogen-bond donors (Lipinski definition) is 1. The number of carbonyl (C=O) groups excluding carboxylic acids is 1. The van der Waals surface area contributed by atoms with Gasteiger partial charge in [-0.25, -0.2) is 4.79 Å². The molecule has 0 heterocycles. The van der Waals surface area contributed by atoms with E-state index < -0.39 is 19.1 Å². The van der Waals surface area contributed by atoms with Crippen molar-refractivity contribution in [2.75, 3.05) is 13.8 Å². The van der Waals surface area contributed by atoms with Crippen LogP contribution in [0.25, 0.3) is 0 Å². The molecule has 4 unspecified atom stereocenters. The number of ether oxygens (including phenoxy) is 2. The number of rotatable bonds is 7. The first-order chi connectivity index (χ1) is 9.67. The third-order valence-electron chi connectivity index (χ3n) is 4.28. The Morgan fingerprint density at radius 2 is 1.95 bits per heavy atom. The van der Waals surface area contributed by atoms with E-state index in [9.17, 15) is 9.36 Å². The molecule has 0 aromatic heterocycles. The smallest absolute Gasteiger partial charge is 0.344 e. The van der Waals surface area contributed by atoms with E-state index in [1.807, 2.05) is 20.8 Å². The summed E-state index contributed by atoms with van der Waals surface area (Å²) in [4.78, 5) is 12.0. The van der Waals surface area contributed by atoms with Crippen molar-refractivity contribution in [3.63, 3.8) is 0 Å². The summed E-state index contributed by atoms with van der Waals surface area (Å²) in [6.45, 7) is 7.63. The molecule has 7 heteroatoms. The second-order valence-corrected chi connectivity index (χ2v) is 9.41. The van der Waals surface area contributed by atoms with Gasteiger partial charge in [-0.15, -0.1) is 0 Å². The van der Waals surface area contributed by atoms with E-state index in [0.29, 0.717) is 11.7 Å². The zero-order chi connectivity index (χ0) is 16.2. The van der Waals surface area contributed by atoms with Crippen LogP contribution in [0.3, 0.4) is 0 Å². The lowest BCUT2D eigenvalue weighted by Crippen LogP contribution is -2.38. The largest absolute Gasteiger partial charge is 0.467 e. The van der Waals surface area contributed by atoms with Crippen LogP contribution in [0.2, 0.25) is 5.82 Å². The van der Waals surface area contributed by atoms with Gasteiger partial charge in [-0.1, -0.05) is 26.1 Å². The highest BCUT2D eigenvalue weighted by Crippen LogP contribution is 2.46. The fraction of sp³-hybridized carbons (Fsp3) is 0.929. The number of esters is 1. The third kappa shape index (κ3) is 5.43. The van der Waals surface area contributed by atoms with Crippen molar-refractivity contribution >= 4 is 21.1 Å². The maximum Gasteiger partial charge on any atom is 0.344 e. The van der Waals surface area contributed by atoms with Gasteiger partial charge in [0.05, 0.1) is 13.2 Å². The first-order valence-corrected chi connectivity index (χ1v) is 9.98. The highest BCUT2D eigenvalue weighted by Gasteiger charge is 2.40. The molecule has 0 aromatic carbocycles. The minimum absolute atomic E-state index is 0.00599. The van der Waals surface area contributed by atoms with E-state index in [1.165, 1.54) is 7.11 Å². The monoisotopic (exact) mass is 317 g/mol. The molecule has 1 saturated carbocycles. The van der Waals surface area contributed by atoms with Gasteiger partial charge in [0.1, 0.15) is 7.85 Å². The molecule has 21 heavy (non-hydrogen) atoms. The Hall–Kier alpha value is -0.315. The molecule has 1 rings (SSSR count). The predicted molar refractivity (Wildman–Crippen MR) is 87.8 cm³/mol. The standard InChI is InChI=1S/C14H29BNO4P/c1-9(2)10(3)16-21(5,18)14(13(17)19-4)20-12-7-6-11(15)8-12/h9-12,14H,6-8,15H2,1-5H3,(H,16,18)/t10-,11?,12?,14?,21?/m0/s1. The molecule has 1 N–H and O–H groups in total. The van der Waals surface area contributed by atoms with E-state index in [-0.39, 0.29) is 12.1 Å². The topological polar surface area (TPSA) is 64.6 Å². The van der Waals surface area contributed by atoms with E-state index in [1.54, 1.807) is 6.66 Å². The lowest BCUT2D eigenvalue weighted by molar-refractivity contribution is -0.151. The normalized spacial score (nSPS) is 28.1. The van der Waals surface area contributed by atoms with Crippen LogP contribution in [-0.4, -0.2) is 45.6 Å². The molecule has 1 aliphatic rings. The van der Waals surface area contributed by atoms with Gasteiger partial charge in [-0.3, -0.25) is 5.09 Å². The fourth-order valence-electron chi connectivity index (χ4n) is 2.56. The van der Waals surface area contributed by atoms with Gasteiger partial charge in [0.25, 0.3) is 0 Å².